The molecule has 9 nitrogen and oxygen atoms in total. The summed E-state index contributed by atoms with van der Waals surface area (Å²) in [6, 6.07) is 10.1. The molecule has 2 aliphatic heterocycles. The fourth-order valence-electron chi connectivity index (χ4n) is 5.53. The van der Waals surface area contributed by atoms with E-state index in [0.29, 0.717) is 44.1 Å². The molecule has 0 spiro atoms. The molecule has 0 radical (unpaired) electrons. The van der Waals surface area contributed by atoms with Gasteiger partial charge in [0.05, 0.1) is 22.9 Å². The smallest absolute Gasteiger partial charge is 0.417 e. The molecule has 2 aromatic carbocycles. The molecule has 2 saturated heterocycles. The number of aryl methyl sites for hydroxylation is 1. The first kappa shape index (κ1) is 42.2. The average molecular weight is 741 g/mol. The second-order valence-electron chi connectivity index (χ2n) is 11.8. The van der Waals surface area contributed by atoms with E-state index in [0.717, 1.165) is 35.7 Å². The van der Waals surface area contributed by atoms with Crippen LogP contribution in [-0.4, -0.2) is 82.3 Å². The number of hydrogen-bond donors (Lipinski definition) is 1. The molecule has 0 atom stereocenters. The fourth-order valence-corrected chi connectivity index (χ4v) is 6.05. The monoisotopic (exact) mass is 739 g/mol. The summed E-state index contributed by atoms with van der Waals surface area (Å²) in [5, 5.41) is 18.7. The number of carbonyl (C=O) groups is 2. The van der Waals surface area contributed by atoms with E-state index in [4.69, 9.17) is 22.2 Å². The SMILES string of the molecule is CCc1cc(N2C(=S)N(c3ccc(C#N)c(C(F)(F)F)c3)C(=O)C2(C)C)ccc1OCCN1CCN(C(C)(C)C(=O)O)CC1.Cl.Cl.Cl. The van der Waals surface area contributed by atoms with Crippen LogP contribution in [0.15, 0.2) is 36.4 Å². The van der Waals surface area contributed by atoms with Crippen LogP contribution < -0.4 is 14.5 Å². The van der Waals surface area contributed by atoms with Gasteiger partial charge in [0.1, 0.15) is 23.4 Å². The maximum absolute atomic E-state index is 13.7. The molecule has 0 aliphatic carbocycles. The Labute approximate surface area is 296 Å². The van der Waals surface area contributed by atoms with E-state index < -0.39 is 40.3 Å². The van der Waals surface area contributed by atoms with Gasteiger partial charge in [-0.1, -0.05) is 6.92 Å². The molecule has 4 rings (SSSR count). The first-order chi connectivity index (χ1) is 20.5. The molecule has 260 valence electrons. The van der Waals surface area contributed by atoms with E-state index in [9.17, 15) is 27.9 Å². The number of hydrogen-bond acceptors (Lipinski definition) is 7. The number of rotatable bonds is 9. The Bertz CT molecular complexity index is 1510. The molecule has 2 fully saturated rings. The number of carboxylic acid groups (broad SMARTS) is 1. The van der Waals surface area contributed by atoms with Gasteiger partial charge in [-0.3, -0.25) is 24.3 Å². The maximum atomic E-state index is 13.7. The molecular weight excluding hydrogens is 702 g/mol. The Morgan fingerprint density at radius 3 is 2.17 bits per heavy atom. The summed E-state index contributed by atoms with van der Waals surface area (Å²) in [5.74, 6) is -0.662. The van der Waals surface area contributed by atoms with Crippen LogP contribution in [0, 0.1) is 11.3 Å². The number of halogens is 6. The number of carbonyl (C=O) groups excluding carboxylic acids is 1. The topological polar surface area (TPSA) is 100 Å². The zero-order valence-corrected chi connectivity index (χ0v) is 29.9. The quantitative estimate of drug-likeness (QED) is 0.302. The Morgan fingerprint density at radius 1 is 1.04 bits per heavy atom. The number of aliphatic carboxylic acids is 1. The van der Waals surface area contributed by atoms with E-state index in [1.165, 1.54) is 6.07 Å². The summed E-state index contributed by atoms with van der Waals surface area (Å²) in [6.07, 6.45) is -4.16. The number of benzene rings is 2. The molecule has 0 saturated carbocycles. The van der Waals surface area contributed by atoms with Crippen LogP contribution in [0.4, 0.5) is 24.5 Å². The number of piperazine rings is 1. The molecular formula is C31H39Cl3F3N5O4S. The van der Waals surface area contributed by atoms with E-state index in [2.05, 4.69) is 4.90 Å². The number of ether oxygens (including phenoxy) is 1. The lowest BCUT2D eigenvalue weighted by molar-refractivity contribution is -0.150. The minimum atomic E-state index is -4.78. The van der Waals surface area contributed by atoms with Crippen molar-refractivity contribution in [3.63, 3.8) is 0 Å². The van der Waals surface area contributed by atoms with Crippen LogP contribution in [0.2, 0.25) is 0 Å². The van der Waals surface area contributed by atoms with Gasteiger partial charge in [0.2, 0.25) is 0 Å². The highest BCUT2D eigenvalue weighted by atomic mass is 35.5. The lowest BCUT2D eigenvalue weighted by atomic mass is 10.0. The number of alkyl halides is 3. The molecule has 47 heavy (non-hydrogen) atoms. The molecule has 0 unspecified atom stereocenters. The van der Waals surface area contributed by atoms with Crippen LogP contribution in [0.25, 0.3) is 0 Å². The van der Waals surface area contributed by atoms with Gasteiger partial charge in [-0.25, -0.2) is 0 Å². The number of amides is 1. The lowest BCUT2D eigenvalue weighted by Crippen LogP contribution is -2.58. The number of nitriles is 1. The maximum Gasteiger partial charge on any atom is 0.417 e. The summed E-state index contributed by atoms with van der Waals surface area (Å²) in [7, 11) is 0. The minimum absolute atomic E-state index is 0. The van der Waals surface area contributed by atoms with Crippen molar-refractivity contribution in [1.29, 1.82) is 5.26 Å². The molecule has 2 aromatic rings. The summed E-state index contributed by atoms with van der Waals surface area (Å²) in [4.78, 5) is 32.0. The third-order valence-corrected chi connectivity index (χ3v) is 8.75. The fraction of sp³-hybridized carbons (Fsp3) is 0.484. The third kappa shape index (κ3) is 8.42. The van der Waals surface area contributed by atoms with Crippen molar-refractivity contribution >= 4 is 77.8 Å². The van der Waals surface area contributed by atoms with Crippen molar-refractivity contribution in [2.75, 3.05) is 49.1 Å². The van der Waals surface area contributed by atoms with Crippen LogP contribution in [0.3, 0.4) is 0 Å². The largest absolute Gasteiger partial charge is 0.492 e. The molecule has 0 aromatic heterocycles. The predicted octanol–water partition coefficient (Wildman–Crippen LogP) is 6.18. The summed E-state index contributed by atoms with van der Waals surface area (Å²) in [6.45, 7) is 12.6. The van der Waals surface area contributed by atoms with Gasteiger partial charge in [0.25, 0.3) is 5.91 Å². The molecule has 1 N–H and O–H groups in total. The van der Waals surface area contributed by atoms with Crippen LogP contribution in [0.1, 0.15) is 51.3 Å². The van der Waals surface area contributed by atoms with Crippen molar-refractivity contribution in [2.24, 2.45) is 0 Å². The predicted molar refractivity (Wildman–Crippen MR) is 186 cm³/mol. The highest BCUT2D eigenvalue weighted by molar-refractivity contribution is 7.81. The Morgan fingerprint density at radius 2 is 1.64 bits per heavy atom. The van der Waals surface area contributed by atoms with Gasteiger partial charge in [-0.2, -0.15) is 18.4 Å². The Hall–Kier alpha value is -2.86. The second-order valence-corrected chi connectivity index (χ2v) is 12.2. The third-order valence-electron chi connectivity index (χ3n) is 8.39. The van der Waals surface area contributed by atoms with Gasteiger partial charge < -0.3 is 14.7 Å². The zero-order chi connectivity index (χ0) is 32.6. The average Bonchev–Trinajstić information content (AvgIpc) is 3.15. The molecule has 2 heterocycles. The number of anilines is 2. The molecule has 1 amide bonds. The highest BCUT2D eigenvalue weighted by Gasteiger charge is 2.51. The van der Waals surface area contributed by atoms with E-state index >= 15 is 0 Å². The van der Waals surface area contributed by atoms with Crippen molar-refractivity contribution in [3.05, 3.63) is 53.1 Å². The summed E-state index contributed by atoms with van der Waals surface area (Å²) in [5.41, 5.74) is -2.38. The molecule has 0 bridgehead atoms. The standard InChI is InChI=1S/C31H36F3N5O4S.3ClH/c1-6-20-17-23(9-10-25(20)43-16-15-36-11-13-37(14-12-36)30(4,5)27(41)42)39-28(44)38(26(40)29(39,2)3)22-8-7-21(19-35)24(18-22)31(32,33)34;;;/h7-10,17-18H,6,11-16H2,1-5H3,(H,41,42);3*1H. The second kappa shape index (κ2) is 16.0. The van der Waals surface area contributed by atoms with E-state index in [1.54, 1.807) is 50.8 Å². The lowest BCUT2D eigenvalue weighted by Gasteiger charge is -2.41. The normalized spacial score (nSPS) is 16.9. The van der Waals surface area contributed by atoms with Crippen molar-refractivity contribution in [1.82, 2.24) is 9.80 Å². The van der Waals surface area contributed by atoms with Crippen molar-refractivity contribution < 1.29 is 32.6 Å². The van der Waals surface area contributed by atoms with E-state index in [1.807, 2.05) is 17.9 Å². The van der Waals surface area contributed by atoms with Gasteiger partial charge in [-0.05, 0) is 88.3 Å². The summed E-state index contributed by atoms with van der Waals surface area (Å²) >= 11 is 5.66. The first-order valence-electron chi connectivity index (χ1n) is 14.3. The van der Waals surface area contributed by atoms with Gasteiger partial charge in [-0.15, -0.1) is 37.2 Å². The first-order valence-corrected chi connectivity index (χ1v) is 14.7. The van der Waals surface area contributed by atoms with Gasteiger partial charge in [0.15, 0.2) is 5.11 Å². The molecule has 16 heteroatoms. The Kier molecular flexibility index (Phi) is 14.4. The van der Waals surface area contributed by atoms with Crippen LogP contribution in [0.5, 0.6) is 5.75 Å². The van der Waals surface area contributed by atoms with Gasteiger partial charge >= 0.3 is 12.1 Å². The van der Waals surface area contributed by atoms with E-state index in [-0.39, 0.29) is 48.0 Å². The minimum Gasteiger partial charge on any atom is -0.492 e. The van der Waals surface area contributed by atoms with Crippen molar-refractivity contribution in [3.8, 4) is 11.8 Å². The van der Waals surface area contributed by atoms with Crippen LogP contribution in [-0.2, 0) is 22.2 Å². The Balaban J connectivity index is 0.00000368. The number of thiocarbonyl (C=S) groups is 1. The number of carboxylic acids is 1. The van der Waals surface area contributed by atoms with Crippen molar-refractivity contribution in [2.45, 2.75) is 58.3 Å². The zero-order valence-electron chi connectivity index (χ0n) is 26.6. The summed E-state index contributed by atoms with van der Waals surface area (Å²) < 4.78 is 47.1. The number of nitrogens with zero attached hydrogens (tertiary/aromatic N) is 5. The highest BCUT2D eigenvalue weighted by Crippen LogP contribution is 2.40. The molecule has 2 aliphatic rings. The van der Waals surface area contributed by atoms with Crippen LogP contribution >= 0.6 is 49.4 Å². The van der Waals surface area contributed by atoms with Gasteiger partial charge in [0, 0.05) is 38.4 Å².